The van der Waals surface area contributed by atoms with Crippen LogP contribution in [0.2, 0.25) is 0 Å². The van der Waals surface area contributed by atoms with Crippen LogP contribution in [-0.2, 0) is 6.54 Å². The molecule has 1 aliphatic carbocycles. The first-order valence-corrected chi connectivity index (χ1v) is 11.2. The lowest BCUT2D eigenvalue weighted by Gasteiger charge is -2.22. The van der Waals surface area contributed by atoms with Gasteiger partial charge in [0.2, 0.25) is 0 Å². The van der Waals surface area contributed by atoms with E-state index in [0.717, 1.165) is 53.6 Å². The molecule has 5 heteroatoms. The van der Waals surface area contributed by atoms with E-state index in [1.165, 1.54) is 25.7 Å². The van der Waals surface area contributed by atoms with Crippen LogP contribution >= 0.6 is 11.6 Å². The maximum absolute atomic E-state index is 10.6. The molecule has 29 heavy (non-hydrogen) atoms. The van der Waals surface area contributed by atoms with E-state index in [2.05, 4.69) is 35.1 Å². The number of hydrogen-bond donors (Lipinski definition) is 2. The van der Waals surface area contributed by atoms with Crippen LogP contribution in [0, 0.1) is 0 Å². The lowest BCUT2D eigenvalue weighted by Crippen LogP contribution is -2.34. The molecule has 0 saturated heterocycles. The van der Waals surface area contributed by atoms with Crippen molar-refractivity contribution in [3.05, 3.63) is 46.6 Å². The molecule has 2 aromatic rings. The maximum atomic E-state index is 10.6. The first kappa shape index (κ1) is 21.7. The summed E-state index contributed by atoms with van der Waals surface area (Å²) >= 11 is 6.22. The van der Waals surface area contributed by atoms with E-state index >= 15 is 0 Å². The van der Waals surface area contributed by atoms with E-state index in [9.17, 15) is 5.11 Å². The van der Waals surface area contributed by atoms with Crippen molar-refractivity contribution in [1.29, 1.82) is 0 Å². The minimum absolute atomic E-state index is 0.00283. The molecule has 1 aromatic heterocycles. The minimum atomic E-state index is -0.00283. The molecule has 2 N–H and O–H groups in total. The number of hydrogen-bond acceptors (Lipinski definition) is 4. The Hall–Kier alpha value is -2.04. The summed E-state index contributed by atoms with van der Waals surface area (Å²) in [6, 6.07) is 7.84. The van der Waals surface area contributed by atoms with Crippen molar-refractivity contribution in [2.45, 2.75) is 57.9 Å². The second kappa shape index (κ2) is 10.7. The van der Waals surface area contributed by atoms with Gasteiger partial charge in [-0.3, -0.25) is 9.88 Å². The third kappa shape index (κ3) is 5.97. The standard InChI is InChI=1S/C24H32ClN3O/c1-3-5-13-28(14-6-4-2)17-18-7-9-20(16-24(18)29)27-22-11-12-26-23-15-19(25)8-10-21(22)23/h7,9-12,15-16,19,27,29H,3-6,8,13-14,17H2,1-2H3. The lowest BCUT2D eigenvalue weighted by molar-refractivity contribution is 0.254. The Morgan fingerprint density at radius 2 is 1.93 bits per heavy atom. The van der Waals surface area contributed by atoms with E-state index in [0.29, 0.717) is 5.75 Å². The number of anilines is 2. The van der Waals surface area contributed by atoms with Gasteiger partial charge in [-0.1, -0.05) is 38.8 Å². The highest BCUT2D eigenvalue weighted by Crippen LogP contribution is 2.25. The molecule has 0 fully saturated rings. The lowest BCUT2D eigenvalue weighted by atomic mass is 10.1. The predicted molar refractivity (Wildman–Crippen MR) is 123 cm³/mol. The van der Waals surface area contributed by atoms with Crippen LogP contribution in [0.4, 0.5) is 11.4 Å². The van der Waals surface area contributed by atoms with Crippen molar-refractivity contribution in [1.82, 2.24) is 9.88 Å². The average Bonchev–Trinajstić information content (AvgIpc) is 2.71. The fraction of sp³-hybridized carbons (Fsp3) is 0.458. The molecule has 1 aliphatic rings. The largest absolute Gasteiger partial charge is 0.508 e. The van der Waals surface area contributed by atoms with Crippen molar-refractivity contribution in [2.24, 2.45) is 0 Å². The summed E-state index contributed by atoms with van der Waals surface area (Å²) in [5.74, 6) is 0.340. The molecule has 0 aliphatic heterocycles. The van der Waals surface area contributed by atoms with Crippen LogP contribution in [0.1, 0.15) is 51.5 Å². The van der Waals surface area contributed by atoms with Gasteiger partial charge in [-0.05, 0) is 50.6 Å². The van der Waals surface area contributed by atoms with Crippen LogP contribution < -0.4 is 15.9 Å². The zero-order valence-electron chi connectivity index (χ0n) is 17.5. The Morgan fingerprint density at radius 3 is 2.62 bits per heavy atom. The van der Waals surface area contributed by atoms with Crippen LogP contribution in [0.15, 0.2) is 30.5 Å². The number of alkyl halides is 1. The number of nitrogens with zero attached hydrogens (tertiary/aromatic N) is 2. The maximum Gasteiger partial charge on any atom is 0.122 e. The third-order valence-electron chi connectivity index (χ3n) is 5.32. The zero-order chi connectivity index (χ0) is 20.6. The Labute approximate surface area is 178 Å². The summed E-state index contributed by atoms with van der Waals surface area (Å²) in [5, 5.41) is 16.0. The summed E-state index contributed by atoms with van der Waals surface area (Å²) < 4.78 is 0. The smallest absolute Gasteiger partial charge is 0.122 e. The molecule has 0 radical (unpaired) electrons. The molecule has 1 unspecified atom stereocenters. The Balaban J connectivity index is 1.75. The van der Waals surface area contributed by atoms with Gasteiger partial charge in [0.1, 0.15) is 5.75 Å². The van der Waals surface area contributed by atoms with Crippen LogP contribution in [0.25, 0.3) is 12.2 Å². The number of aromatic hydroxyl groups is 1. The normalized spacial score (nSPS) is 15.5. The van der Waals surface area contributed by atoms with Crippen LogP contribution in [-0.4, -0.2) is 33.5 Å². The number of nitrogens with one attached hydrogen (secondary N) is 1. The third-order valence-corrected chi connectivity index (χ3v) is 5.63. The quantitative estimate of drug-likeness (QED) is 0.563. The molecular formula is C24H32ClN3O. The summed E-state index contributed by atoms with van der Waals surface area (Å²) in [4.78, 5) is 6.87. The van der Waals surface area contributed by atoms with Crippen LogP contribution in [0.3, 0.4) is 0 Å². The monoisotopic (exact) mass is 413 g/mol. The van der Waals surface area contributed by atoms with E-state index in [-0.39, 0.29) is 5.38 Å². The molecule has 4 nitrogen and oxygen atoms in total. The van der Waals surface area contributed by atoms with Gasteiger partial charge in [0.05, 0.1) is 10.7 Å². The Morgan fingerprint density at radius 1 is 1.17 bits per heavy atom. The molecule has 0 bridgehead atoms. The van der Waals surface area contributed by atoms with Crippen molar-refractivity contribution < 1.29 is 5.11 Å². The molecule has 1 atom stereocenters. The molecule has 0 amide bonds. The second-order valence-corrected chi connectivity index (χ2v) is 8.29. The van der Waals surface area contributed by atoms with E-state index in [1.807, 2.05) is 30.3 Å². The highest BCUT2D eigenvalue weighted by Gasteiger charge is 2.11. The van der Waals surface area contributed by atoms with Crippen molar-refractivity contribution in [2.75, 3.05) is 18.4 Å². The van der Waals surface area contributed by atoms with Gasteiger partial charge in [-0.2, -0.15) is 0 Å². The van der Waals surface area contributed by atoms with Crippen molar-refractivity contribution in [3.8, 4) is 5.75 Å². The number of phenolic OH excluding ortho intramolecular Hbond substituents is 1. The number of aromatic nitrogens is 1. The van der Waals surface area contributed by atoms with Crippen molar-refractivity contribution in [3.63, 3.8) is 0 Å². The molecule has 156 valence electrons. The highest BCUT2D eigenvalue weighted by molar-refractivity contribution is 6.24. The molecular weight excluding hydrogens is 382 g/mol. The van der Waals surface area contributed by atoms with Gasteiger partial charge in [-0.25, -0.2) is 0 Å². The molecule has 1 heterocycles. The van der Waals surface area contributed by atoms with Gasteiger partial charge in [0, 0.05) is 41.0 Å². The minimum Gasteiger partial charge on any atom is -0.508 e. The molecule has 0 spiro atoms. The van der Waals surface area contributed by atoms with E-state index in [4.69, 9.17) is 11.6 Å². The number of benzene rings is 1. The first-order valence-electron chi connectivity index (χ1n) is 10.7. The Bertz CT molecular complexity index is 920. The SMILES string of the molecule is CCCCN(CCCC)Cc1ccc(Nc2ccnc3c2=CCC(Cl)C=3)cc1O. The highest BCUT2D eigenvalue weighted by atomic mass is 35.5. The average molecular weight is 414 g/mol. The summed E-state index contributed by atoms with van der Waals surface area (Å²) in [7, 11) is 0. The second-order valence-electron chi connectivity index (χ2n) is 7.73. The van der Waals surface area contributed by atoms with Gasteiger partial charge < -0.3 is 10.4 Å². The van der Waals surface area contributed by atoms with E-state index in [1.54, 1.807) is 6.20 Å². The first-order chi connectivity index (χ1) is 14.1. The topological polar surface area (TPSA) is 48.4 Å². The summed E-state index contributed by atoms with van der Waals surface area (Å²) in [6.45, 7) is 7.38. The molecule has 3 rings (SSSR count). The number of fused-ring (bicyclic) bond motifs is 1. The number of phenols is 1. The predicted octanol–water partition coefficient (Wildman–Crippen LogP) is 4.51. The van der Waals surface area contributed by atoms with E-state index < -0.39 is 0 Å². The molecule has 0 saturated carbocycles. The van der Waals surface area contributed by atoms with Crippen LogP contribution in [0.5, 0.6) is 5.75 Å². The van der Waals surface area contributed by atoms with Gasteiger partial charge >= 0.3 is 0 Å². The number of rotatable bonds is 10. The summed E-state index contributed by atoms with van der Waals surface area (Å²) in [6.07, 6.45) is 11.4. The number of pyridine rings is 1. The Kier molecular flexibility index (Phi) is 7.96. The fourth-order valence-electron chi connectivity index (χ4n) is 3.62. The van der Waals surface area contributed by atoms with Crippen molar-refractivity contribution >= 4 is 35.1 Å². The zero-order valence-corrected chi connectivity index (χ0v) is 18.3. The van der Waals surface area contributed by atoms with Gasteiger partial charge in [0.25, 0.3) is 0 Å². The summed E-state index contributed by atoms with van der Waals surface area (Å²) in [5.41, 5.74) is 2.83. The van der Waals surface area contributed by atoms with Gasteiger partial charge in [0.15, 0.2) is 0 Å². The fourth-order valence-corrected chi connectivity index (χ4v) is 3.83. The number of unbranched alkanes of at least 4 members (excludes halogenated alkanes) is 2. The van der Waals surface area contributed by atoms with Gasteiger partial charge in [-0.15, -0.1) is 11.6 Å². The number of halogens is 1. The molecule has 1 aromatic carbocycles.